The number of phenols is 1. The number of benzene rings is 2. The normalized spacial score (nSPS) is 10.3. The number of halogens is 1. The smallest absolute Gasteiger partial charge is 0.227 e. The number of likely N-dealkylation sites (N-methyl/N-ethyl adjacent to an activating group) is 1. The van der Waals surface area contributed by atoms with E-state index < -0.39 is 0 Å². The van der Waals surface area contributed by atoms with Gasteiger partial charge in [0.05, 0.1) is 6.42 Å². The number of rotatable bonds is 4. The quantitative estimate of drug-likeness (QED) is 0.930. The number of aromatic hydroxyl groups is 1. The van der Waals surface area contributed by atoms with E-state index in [1.807, 2.05) is 0 Å². The minimum absolute atomic E-state index is 0.126. The maximum absolute atomic E-state index is 13.5. The third-order valence-electron chi connectivity index (χ3n) is 3.06. The molecule has 4 heteroatoms. The predicted molar refractivity (Wildman–Crippen MR) is 74.7 cm³/mol. The summed E-state index contributed by atoms with van der Waals surface area (Å²) in [5.74, 6) is -0.310. The second kappa shape index (κ2) is 6.19. The summed E-state index contributed by atoms with van der Waals surface area (Å²) < 4.78 is 13.5. The van der Waals surface area contributed by atoms with E-state index in [2.05, 4.69) is 0 Å². The van der Waals surface area contributed by atoms with Crippen LogP contribution in [0.15, 0.2) is 48.5 Å². The lowest BCUT2D eigenvalue weighted by Gasteiger charge is -2.17. The second-order valence-electron chi connectivity index (χ2n) is 4.69. The molecular weight excluding hydrogens is 257 g/mol. The molecule has 0 spiro atoms. The first-order chi connectivity index (χ1) is 9.56. The molecule has 1 N–H and O–H groups in total. The molecule has 0 atom stereocenters. The van der Waals surface area contributed by atoms with E-state index in [1.54, 1.807) is 49.5 Å². The van der Waals surface area contributed by atoms with E-state index in [1.165, 1.54) is 11.0 Å². The highest BCUT2D eigenvalue weighted by Crippen LogP contribution is 2.13. The van der Waals surface area contributed by atoms with Crippen LogP contribution in [0.3, 0.4) is 0 Å². The Morgan fingerprint density at radius 3 is 2.65 bits per heavy atom. The van der Waals surface area contributed by atoms with Crippen LogP contribution < -0.4 is 0 Å². The van der Waals surface area contributed by atoms with Crippen molar-refractivity contribution in [3.8, 4) is 5.75 Å². The average Bonchev–Trinajstić information content (AvgIpc) is 2.41. The van der Waals surface area contributed by atoms with Gasteiger partial charge in [0.1, 0.15) is 11.6 Å². The highest BCUT2D eigenvalue weighted by atomic mass is 19.1. The molecular formula is C16H16FNO2. The number of hydrogen-bond donors (Lipinski definition) is 1. The van der Waals surface area contributed by atoms with Gasteiger partial charge in [0.2, 0.25) is 5.91 Å². The van der Waals surface area contributed by atoms with Crippen LogP contribution in [0.1, 0.15) is 11.1 Å². The Morgan fingerprint density at radius 2 is 1.95 bits per heavy atom. The van der Waals surface area contributed by atoms with Crippen LogP contribution in [-0.4, -0.2) is 23.0 Å². The summed E-state index contributed by atoms with van der Waals surface area (Å²) >= 11 is 0. The maximum Gasteiger partial charge on any atom is 0.227 e. The van der Waals surface area contributed by atoms with E-state index in [9.17, 15) is 14.3 Å². The largest absolute Gasteiger partial charge is 0.508 e. The van der Waals surface area contributed by atoms with Crippen molar-refractivity contribution in [3.63, 3.8) is 0 Å². The lowest BCUT2D eigenvalue weighted by molar-refractivity contribution is -0.129. The van der Waals surface area contributed by atoms with E-state index in [0.717, 1.165) is 5.56 Å². The molecule has 2 rings (SSSR count). The average molecular weight is 273 g/mol. The van der Waals surface area contributed by atoms with E-state index in [4.69, 9.17) is 0 Å². The van der Waals surface area contributed by atoms with Gasteiger partial charge < -0.3 is 10.0 Å². The van der Waals surface area contributed by atoms with Gasteiger partial charge in [-0.15, -0.1) is 0 Å². The first-order valence-corrected chi connectivity index (χ1v) is 6.31. The summed E-state index contributed by atoms with van der Waals surface area (Å²) in [7, 11) is 1.64. The summed E-state index contributed by atoms with van der Waals surface area (Å²) in [5.41, 5.74) is 1.22. The van der Waals surface area contributed by atoms with Crippen LogP contribution in [0.25, 0.3) is 0 Å². The molecule has 0 aromatic heterocycles. The van der Waals surface area contributed by atoms with Crippen molar-refractivity contribution in [1.82, 2.24) is 4.90 Å². The number of hydrogen-bond acceptors (Lipinski definition) is 2. The van der Waals surface area contributed by atoms with E-state index in [-0.39, 0.29) is 30.4 Å². The molecule has 0 bridgehead atoms. The summed E-state index contributed by atoms with van der Waals surface area (Å²) in [5, 5.41) is 9.36. The summed E-state index contributed by atoms with van der Waals surface area (Å²) in [6.45, 7) is 0.227. The molecule has 0 aliphatic carbocycles. The van der Waals surface area contributed by atoms with Gasteiger partial charge in [-0.25, -0.2) is 4.39 Å². The van der Waals surface area contributed by atoms with Gasteiger partial charge in [-0.2, -0.15) is 0 Å². The first kappa shape index (κ1) is 14.1. The first-order valence-electron chi connectivity index (χ1n) is 6.31. The van der Waals surface area contributed by atoms with Crippen molar-refractivity contribution in [3.05, 3.63) is 65.5 Å². The molecule has 104 valence electrons. The predicted octanol–water partition coefficient (Wildman–Crippen LogP) is 2.73. The van der Waals surface area contributed by atoms with Crippen LogP contribution in [0.4, 0.5) is 4.39 Å². The van der Waals surface area contributed by atoms with Crippen molar-refractivity contribution < 1.29 is 14.3 Å². The SMILES string of the molecule is CN(Cc1ccccc1F)C(=O)Cc1cccc(O)c1. The Bertz CT molecular complexity index is 613. The van der Waals surface area contributed by atoms with Crippen molar-refractivity contribution in [2.24, 2.45) is 0 Å². The third kappa shape index (κ3) is 3.57. The fourth-order valence-electron chi connectivity index (χ4n) is 1.95. The number of nitrogens with zero attached hydrogens (tertiary/aromatic N) is 1. The molecule has 0 saturated heterocycles. The van der Waals surface area contributed by atoms with Crippen LogP contribution in [0.2, 0.25) is 0 Å². The fraction of sp³-hybridized carbons (Fsp3) is 0.188. The molecule has 3 nitrogen and oxygen atoms in total. The zero-order valence-corrected chi connectivity index (χ0v) is 11.2. The molecule has 0 heterocycles. The lowest BCUT2D eigenvalue weighted by atomic mass is 10.1. The Labute approximate surface area is 117 Å². The molecule has 0 saturated carbocycles. The van der Waals surface area contributed by atoms with Crippen molar-refractivity contribution in [2.75, 3.05) is 7.05 Å². The topological polar surface area (TPSA) is 40.5 Å². The zero-order valence-electron chi connectivity index (χ0n) is 11.2. The van der Waals surface area contributed by atoms with Gasteiger partial charge in [0.25, 0.3) is 0 Å². The van der Waals surface area contributed by atoms with Gasteiger partial charge >= 0.3 is 0 Å². The standard InChI is InChI=1S/C16H16FNO2/c1-18(11-13-6-2-3-8-15(13)17)16(20)10-12-5-4-7-14(19)9-12/h2-9,19H,10-11H2,1H3. The third-order valence-corrected chi connectivity index (χ3v) is 3.06. The van der Waals surface area contributed by atoms with Crippen LogP contribution in [-0.2, 0) is 17.8 Å². The van der Waals surface area contributed by atoms with E-state index >= 15 is 0 Å². The molecule has 0 unspecified atom stereocenters. The molecule has 0 fully saturated rings. The minimum Gasteiger partial charge on any atom is -0.508 e. The second-order valence-corrected chi connectivity index (χ2v) is 4.69. The highest BCUT2D eigenvalue weighted by molar-refractivity contribution is 5.78. The Hall–Kier alpha value is -2.36. The maximum atomic E-state index is 13.5. The lowest BCUT2D eigenvalue weighted by Crippen LogP contribution is -2.28. The molecule has 2 aromatic carbocycles. The molecule has 2 aromatic rings. The number of carbonyl (C=O) groups is 1. The van der Waals surface area contributed by atoms with Gasteiger partial charge in [0.15, 0.2) is 0 Å². The minimum atomic E-state index is -0.315. The monoisotopic (exact) mass is 273 g/mol. The van der Waals surface area contributed by atoms with Gasteiger partial charge in [-0.3, -0.25) is 4.79 Å². The van der Waals surface area contributed by atoms with Crippen LogP contribution >= 0.6 is 0 Å². The molecule has 1 amide bonds. The molecule has 0 radical (unpaired) electrons. The van der Waals surface area contributed by atoms with Crippen LogP contribution in [0.5, 0.6) is 5.75 Å². The van der Waals surface area contributed by atoms with Gasteiger partial charge in [-0.1, -0.05) is 30.3 Å². The van der Waals surface area contributed by atoms with Crippen molar-refractivity contribution in [2.45, 2.75) is 13.0 Å². The Morgan fingerprint density at radius 1 is 1.20 bits per heavy atom. The summed E-state index contributed by atoms with van der Waals surface area (Å²) in [6, 6.07) is 13.0. The van der Waals surface area contributed by atoms with Crippen molar-refractivity contribution >= 4 is 5.91 Å². The van der Waals surface area contributed by atoms with Crippen LogP contribution in [0, 0.1) is 5.82 Å². The molecule has 0 aliphatic heterocycles. The number of carbonyl (C=O) groups excluding carboxylic acids is 1. The summed E-state index contributed by atoms with van der Waals surface area (Å²) in [4.78, 5) is 13.5. The Balaban J connectivity index is 2.01. The zero-order chi connectivity index (χ0) is 14.5. The van der Waals surface area contributed by atoms with E-state index in [0.29, 0.717) is 5.56 Å². The number of phenolic OH excluding ortho intramolecular Hbond substituents is 1. The fourth-order valence-corrected chi connectivity index (χ4v) is 1.95. The molecule has 0 aliphatic rings. The molecule has 20 heavy (non-hydrogen) atoms. The van der Waals surface area contributed by atoms with Crippen molar-refractivity contribution in [1.29, 1.82) is 0 Å². The Kier molecular flexibility index (Phi) is 4.35. The highest BCUT2D eigenvalue weighted by Gasteiger charge is 2.12. The van der Waals surface area contributed by atoms with Gasteiger partial charge in [0, 0.05) is 19.2 Å². The summed E-state index contributed by atoms with van der Waals surface area (Å²) in [6.07, 6.45) is 0.180. The van der Waals surface area contributed by atoms with Gasteiger partial charge in [-0.05, 0) is 23.8 Å². The number of amides is 1.